The molecule has 0 heterocycles. The third-order valence-electron chi connectivity index (χ3n) is 5.00. The molecule has 0 aliphatic carbocycles. The Kier molecular flexibility index (Phi) is 7.66. The zero-order valence-electron chi connectivity index (χ0n) is 17.8. The molecule has 0 saturated heterocycles. The smallest absolute Gasteiger partial charge is 0.243 e. The van der Waals surface area contributed by atoms with Crippen molar-refractivity contribution >= 4 is 27.5 Å². The molecular weight excluding hydrogens is 451 g/mol. The van der Waals surface area contributed by atoms with Gasteiger partial charge >= 0.3 is 0 Å². The normalized spacial score (nSPS) is 12.5. The Morgan fingerprint density at radius 1 is 1.00 bits per heavy atom. The second-order valence-corrected chi connectivity index (χ2v) is 9.93. The maximum Gasteiger partial charge on any atom is 0.243 e. The quantitative estimate of drug-likeness (QED) is 0.507. The number of carbonyl (C=O) groups excluding carboxylic acids is 1. The second kappa shape index (κ2) is 10.3. The topological polar surface area (TPSA) is 66.5 Å². The molecule has 0 fully saturated rings. The summed E-state index contributed by atoms with van der Waals surface area (Å²) < 4.78 is 40.9. The minimum Gasteiger partial charge on any atom is -0.348 e. The van der Waals surface area contributed by atoms with Crippen LogP contribution in [-0.2, 0) is 21.4 Å². The van der Waals surface area contributed by atoms with Crippen molar-refractivity contribution in [3.63, 3.8) is 0 Å². The number of aryl methyl sites for hydroxylation is 1. The van der Waals surface area contributed by atoms with Crippen LogP contribution in [0.1, 0.15) is 29.7 Å². The molecule has 0 saturated carbocycles. The Morgan fingerprint density at radius 2 is 1.59 bits per heavy atom. The van der Waals surface area contributed by atoms with Crippen molar-refractivity contribution in [1.29, 1.82) is 0 Å². The molecule has 0 aliphatic heterocycles. The largest absolute Gasteiger partial charge is 0.348 e. The molecule has 1 amide bonds. The van der Waals surface area contributed by atoms with E-state index in [-0.39, 0.29) is 23.8 Å². The zero-order valence-corrected chi connectivity index (χ0v) is 19.3. The first-order valence-corrected chi connectivity index (χ1v) is 11.8. The Balaban J connectivity index is 1.82. The lowest BCUT2D eigenvalue weighted by molar-refractivity contribution is -0.122. The first kappa shape index (κ1) is 23.9. The van der Waals surface area contributed by atoms with Crippen LogP contribution < -0.4 is 5.32 Å². The summed E-state index contributed by atoms with van der Waals surface area (Å²) in [6.45, 7) is 3.35. The predicted octanol–water partition coefficient (Wildman–Crippen LogP) is 4.86. The van der Waals surface area contributed by atoms with Gasteiger partial charge in [-0.1, -0.05) is 53.6 Å². The first-order valence-electron chi connectivity index (χ1n) is 10.0. The number of halogens is 2. The van der Waals surface area contributed by atoms with Gasteiger partial charge in [-0.2, -0.15) is 4.31 Å². The van der Waals surface area contributed by atoms with Crippen LogP contribution in [0.4, 0.5) is 4.39 Å². The average Bonchev–Trinajstić information content (AvgIpc) is 2.75. The fourth-order valence-corrected chi connectivity index (χ4v) is 4.67. The number of carbonyl (C=O) groups is 1. The molecule has 3 aromatic carbocycles. The summed E-state index contributed by atoms with van der Waals surface area (Å²) in [4.78, 5) is 12.8. The molecule has 5 nitrogen and oxygen atoms in total. The summed E-state index contributed by atoms with van der Waals surface area (Å²) in [5.41, 5.74) is 2.52. The van der Waals surface area contributed by atoms with Gasteiger partial charge in [0.15, 0.2) is 0 Å². The molecule has 8 heteroatoms. The lowest BCUT2D eigenvalue weighted by Crippen LogP contribution is -2.41. The molecule has 1 atom stereocenters. The van der Waals surface area contributed by atoms with Gasteiger partial charge in [-0.05, 0) is 61.4 Å². The zero-order chi connectivity index (χ0) is 23.3. The first-order chi connectivity index (χ1) is 15.1. The molecule has 32 heavy (non-hydrogen) atoms. The van der Waals surface area contributed by atoms with Crippen molar-refractivity contribution in [3.05, 3.63) is 100 Å². The fourth-order valence-electron chi connectivity index (χ4n) is 3.16. The predicted molar refractivity (Wildman–Crippen MR) is 123 cm³/mol. The molecule has 0 radical (unpaired) electrons. The minimum atomic E-state index is -3.96. The minimum absolute atomic E-state index is 0.0313. The van der Waals surface area contributed by atoms with Gasteiger partial charge in [0, 0.05) is 11.6 Å². The highest BCUT2D eigenvalue weighted by atomic mass is 35.5. The van der Waals surface area contributed by atoms with Gasteiger partial charge in [0.05, 0.1) is 17.5 Å². The summed E-state index contributed by atoms with van der Waals surface area (Å²) in [7, 11) is -3.96. The van der Waals surface area contributed by atoms with Crippen LogP contribution in [0, 0.1) is 12.7 Å². The van der Waals surface area contributed by atoms with Crippen LogP contribution in [0.2, 0.25) is 5.02 Å². The van der Waals surface area contributed by atoms with Crippen molar-refractivity contribution in [2.45, 2.75) is 31.3 Å². The highest BCUT2D eigenvalue weighted by Crippen LogP contribution is 2.21. The number of hydrogen-bond donors (Lipinski definition) is 1. The molecule has 0 unspecified atom stereocenters. The highest BCUT2D eigenvalue weighted by molar-refractivity contribution is 7.89. The molecule has 0 spiro atoms. The van der Waals surface area contributed by atoms with E-state index in [2.05, 4.69) is 5.32 Å². The van der Waals surface area contributed by atoms with Crippen LogP contribution in [0.15, 0.2) is 77.7 Å². The van der Waals surface area contributed by atoms with E-state index in [0.29, 0.717) is 10.6 Å². The van der Waals surface area contributed by atoms with E-state index in [1.54, 1.807) is 19.1 Å². The summed E-state index contributed by atoms with van der Waals surface area (Å²) >= 11 is 5.90. The van der Waals surface area contributed by atoms with Crippen molar-refractivity contribution in [3.8, 4) is 0 Å². The maximum absolute atomic E-state index is 13.3. The van der Waals surface area contributed by atoms with E-state index in [1.165, 1.54) is 36.4 Å². The van der Waals surface area contributed by atoms with Gasteiger partial charge in [-0.25, -0.2) is 12.8 Å². The van der Waals surface area contributed by atoms with Crippen molar-refractivity contribution in [2.75, 3.05) is 6.54 Å². The van der Waals surface area contributed by atoms with E-state index in [4.69, 9.17) is 11.6 Å². The molecule has 3 aromatic rings. The number of nitrogens with zero attached hydrogens (tertiary/aromatic N) is 1. The second-order valence-electron chi connectivity index (χ2n) is 7.55. The Bertz CT molecular complexity index is 1170. The van der Waals surface area contributed by atoms with Gasteiger partial charge in [-0.3, -0.25) is 4.79 Å². The Morgan fingerprint density at radius 3 is 2.19 bits per heavy atom. The van der Waals surface area contributed by atoms with E-state index in [0.717, 1.165) is 15.4 Å². The SMILES string of the molecule is Cc1ccc(CN(CC(=O)N[C@H](C)c2ccc(F)cc2)S(=O)(=O)c2ccc(Cl)cc2)cc1. The van der Waals surface area contributed by atoms with Crippen LogP contribution in [0.25, 0.3) is 0 Å². The average molecular weight is 475 g/mol. The highest BCUT2D eigenvalue weighted by Gasteiger charge is 2.27. The maximum atomic E-state index is 13.3. The molecular formula is C24H24ClFN2O3S. The van der Waals surface area contributed by atoms with Gasteiger partial charge in [0.1, 0.15) is 5.82 Å². The van der Waals surface area contributed by atoms with Crippen LogP contribution in [0.5, 0.6) is 0 Å². The Hall–Kier alpha value is -2.74. The molecule has 1 N–H and O–H groups in total. The third kappa shape index (κ3) is 6.16. The lowest BCUT2D eigenvalue weighted by atomic mass is 10.1. The summed E-state index contributed by atoms with van der Waals surface area (Å²) in [5, 5.41) is 3.20. The monoisotopic (exact) mass is 474 g/mol. The number of sulfonamides is 1. The molecule has 3 rings (SSSR count). The van der Waals surface area contributed by atoms with Gasteiger partial charge < -0.3 is 5.32 Å². The third-order valence-corrected chi connectivity index (χ3v) is 7.06. The van der Waals surface area contributed by atoms with Gasteiger partial charge in [-0.15, -0.1) is 0 Å². The molecule has 0 bridgehead atoms. The van der Waals surface area contributed by atoms with Crippen molar-refractivity contribution < 1.29 is 17.6 Å². The van der Waals surface area contributed by atoms with Gasteiger partial charge in [0.25, 0.3) is 0 Å². The Labute approximate surface area is 192 Å². The summed E-state index contributed by atoms with van der Waals surface area (Å²) in [6.07, 6.45) is 0. The van der Waals surface area contributed by atoms with E-state index in [1.807, 2.05) is 31.2 Å². The number of benzene rings is 3. The number of hydrogen-bond acceptors (Lipinski definition) is 3. The van der Waals surface area contributed by atoms with E-state index >= 15 is 0 Å². The van der Waals surface area contributed by atoms with Crippen LogP contribution >= 0.6 is 11.6 Å². The lowest BCUT2D eigenvalue weighted by Gasteiger charge is -2.23. The van der Waals surface area contributed by atoms with Gasteiger partial charge in [0.2, 0.25) is 15.9 Å². The number of nitrogens with one attached hydrogen (secondary N) is 1. The van der Waals surface area contributed by atoms with Crippen LogP contribution in [-0.4, -0.2) is 25.2 Å². The molecule has 0 aromatic heterocycles. The van der Waals surface area contributed by atoms with Crippen molar-refractivity contribution in [2.24, 2.45) is 0 Å². The van der Waals surface area contributed by atoms with Crippen LogP contribution in [0.3, 0.4) is 0 Å². The van der Waals surface area contributed by atoms with Crippen molar-refractivity contribution in [1.82, 2.24) is 9.62 Å². The van der Waals surface area contributed by atoms with E-state index in [9.17, 15) is 17.6 Å². The van der Waals surface area contributed by atoms with E-state index < -0.39 is 22.0 Å². The standard InChI is InChI=1S/C24H24ClFN2O3S/c1-17-3-5-19(6-4-17)15-28(32(30,31)23-13-9-21(25)10-14-23)16-24(29)27-18(2)20-7-11-22(26)12-8-20/h3-14,18H,15-16H2,1-2H3,(H,27,29)/t18-/m1/s1. The summed E-state index contributed by atoms with van der Waals surface area (Å²) in [6, 6.07) is 18.6. The number of amides is 1. The molecule has 0 aliphatic rings. The number of rotatable bonds is 8. The molecule has 168 valence electrons. The summed E-state index contributed by atoms with van der Waals surface area (Å²) in [5.74, 6) is -0.836. The fraction of sp³-hybridized carbons (Fsp3) is 0.208.